The van der Waals surface area contributed by atoms with E-state index in [2.05, 4.69) is 33.2 Å². The number of hydrogen-bond donors (Lipinski definition) is 1. The molecule has 0 atom stereocenters. The Labute approximate surface area is 155 Å². The quantitative estimate of drug-likeness (QED) is 0.419. The molecule has 5 nitrogen and oxygen atoms in total. The SMILES string of the molecule is CC(C)O[N-]CCC(C)(C)OCCC(C)(C)OCCN.[Y]. The van der Waals surface area contributed by atoms with Gasteiger partial charge in [0.25, 0.3) is 0 Å². The van der Waals surface area contributed by atoms with Gasteiger partial charge in [-0.15, -0.1) is 6.54 Å². The zero-order chi connectivity index (χ0) is 15.6. The van der Waals surface area contributed by atoms with Gasteiger partial charge in [-0.25, -0.2) is 0 Å². The molecule has 0 fully saturated rings. The van der Waals surface area contributed by atoms with E-state index in [0.29, 0.717) is 26.3 Å². The summed E-state index contributed by atoms with van der Waals surface area (Å²) in [6, 6.07) is 0. The van der Waals surface area contributed by atoms with Crippen molar-refractivity contribution < 1.29 is 47.0 Å². The van der Waals surface area contributed by atoms with Gasteiger partial charge in [-0.05, 0) is 54.4 Å². The fourth-order valence-corrected chi connectivity index (χ4v) is 1.57. The van der Waals surface area contributed by atoms with Gasteiger partial charge in [0.1, 0.15) is 0 Å². The van der Waals surface area contributed by atoms with Crippen LogP contribution in [0.4, 0.5) is 0 Å². The zero-order valence-corrected chi connectivity index (χ0v) is 17.5. The zero-order valence-electron chi connectivity index (χ0n) is 14.6. The van der Waals surface area contributed by atoms with E-state index in [1.165, 1.54) is 0 Å². The molecule has 6 heteroatoms. The van der Waals surface area contributed by atoms with Crippen molar-refractivity contribution in [2.75, 3.05) is 26.3 Å². The van der Waals surface area contributed by atoms with Crippen LogP contribution in [0.3, 0.4) is 0 Å². The van der Waals surface area contributed by atoms with Gasteiger partial charge in [0.15, 0.2) is 0 Å². The van der Waals surface area contributed by atoms with Crippen LogP contribution in [-0.2, 0) is 47.0 Å². The molecule has 0 spiro atoms. The number of hydroxylamine groups is 1. The Morgan fingerprint density at radius 2 is 1.48 bits per heavy atom. The number of nitrogens with two attached hydrogens (primary N) is 1. The van der Waals surface area contributed by atoms with Gasteiger partial charge in [0, 0.05) is 45.4 Å². The summed E-state index contributed by atoms with van der Waals surface area (Å²) in [7, 11) is 0. The summed E-state index contributed by atoms with van der Waals surface area (Å²) in [6.45, 7) is 14.7. The van der Waals surface area contributed by atoms with Crippen molar-refractivity contribution in [3.63, 3.8) is 0 Å². The summed E-state index contributed by atoms with van der Waals surface area (Å²) >= 11 is 0. The first-order chi connectivity index (χ1) is 9.18. The van der Waals surface area contributed by atoms with E-state index >= 15 is 0 Å². The van der Waals surface area contributed by atoms with E-state index < -0.39 is 0 Å². The second kappa shape index (κ2) is 12.3. The summed E-state index contributed by atoms with van der Waals surface area (Å²) in [6.07, 6.45) is 1.82. The molecule has 1 radical (unpaired) electrons. The van der Waals surface area contributed by atoms with Crippen molar-refractivity contribution in [2.45, 2.75) is 71.7 Å². The van der Waals surface area contributed by atoms with E-state index in [1.807, 2.05) is 13.8 Å². The molecule has 0 aliphatic heterocycles. The maximum atomic E-state index is 5.93. The standard InChI is InChI=1S/C15H33N2O3.Y/c1-13(2)20-17-10-7-14(3,4)18-11-8-15(5,6)19-12-9-16;/h13H,7-12,16H2,1-6H3;/q-1;. The predicted octanol–water partition coefficient (Wildman–Crippen LogP) is 3.03. The fraction of sp³-hybridized carbons (Fsp3) is 1.00. The van der Waals surface area contributed by atoms with Gasteiger partial charge in [0.05, 0.1) is 24.4 Å². The van der Waals surface area contributed by atoms with Gasteiger partial charge in [-0.1, -0.05) is 0 Å². The Bertz CT molecular complexity index is 249. The summed E-state index contributed by atoms with van der Waals surface area (Å²) in [5, 5.41) is 0. The van der Waals surface area contributed by atoms with E-state index in [9.17, 15) is 0 Å². The summed E-state index contributed by atoms with van der Waals surface area (Å²) in [5.41, 5.74) is 9.08. The van der Waals surface area contributed by atoms with Crippen molar-refractivity contribution in [2.24, 2.45) is 5.73 Å². The minimum atomic E-state index is -0.201. The summed E-state index contributed by atoms with van der Waals surface area (Å²) < 4.78 is 11.6. The van der Waals surface area contributed by atoms with Gasteiger partial charge in [-0.3, -0.25) is 0 Å². The van der Waals surface area contributed by atoms with Gasteiger partial charge in [-0.2, -0.15) is 0 Å². The van der Waals surface area contributed by atoms with E-state index in [1.54, 1.807) is 0 Å². The fourth-order valence-electron chi connectivity index (χ4n) is 1.57. The number of ether oxygens (including phenoxy) is 2. The Hall–Kier alpha value is 0.904. The van der Waals surface area contributed by atoms with Crippen LogP contribution < -0.4 is 5.73 Å². The van der Waals surface area contributed by atoms with Gasteiger partial charge in [0.2, 0.25) is 0 Å². The van der Waals surface area contributed by atoms with Crippen molar-refractivity contribution in [3.8, 4) is 0 Å². The monoisotopic (exact) mass is 378 g/mol. The summed E-state index contributed by atoms with van der Waals surface area (Å²) in [5.74, 6) is 0. The maximum Gasteiger partial charge on any atom is 0.0649 e. The molecule has 0 rings (SSSR count). The van der Waals surface area contributed by atoms with Crippen LogP contribution >= 0.6 is 0 Å². The number of nitrogens with zero attached hydrogens (tertiary/aromatic N) is 1. The van der Waals surface area contributed by atoms with Crippen LogP contribution in [0.2, 0.25) is 0 Å². The van der Waals surface area contributed by atoms with E-state index in [0.717, 1.165) is 12.8 Å². The number of rotatable bonds is 12. The molecule has 0 aromatic heterocycles. The molecule has 0 aromatic rings. The smallest absolute Gasteiger partial charge is 0.0649 e. The van der Waals surface area contributed by atoms with E-state index in [4.69, 9.17) is 20.0 Å². The predicted molar refractivity (Wildman–Crippen MR) is 82.8 cm³/mol. The second-order valence-electron chi connectivity index (χ2n) is 6.51. The Morgan fingerprint density at radius 1 is 0.952 bits per heavy atom. The molecule has 0 aromatic carbocycles. The van der Waals surface area contributed by atoms with Crippen molar-refractivity contribution in [3.05, 3.63) is 5.48 Å². The number of hydrogen-bond acceptors (Lipinski definition) is 4. The molecule has 0 saturated carbocycles. The molecule has 21 heavy (non-hydrogen) atoms. The average Bonchev–Trinajstić information content (AvgIpc) is 2.31. The van der Waals surface area contributed by atoms with Crippen LogP contribution in [0.5, 0.6) is 0 Å². The first-order valence-electron chi connectivity index (χ1n) is 7.49. The van der Waals surface area contributed by atoms with Crippen LogP contribution in [0.1, 0.15) is 54.4 Å². The van der Waals surface area contributed by atoms with Crippen molar-refractivity contribution in [1.82, 2.24) is 0 Å². The third kappa shape index (κ3) is 15.6. The third-order valence-corrected chi connectivity index (χ3v) is 2.90. The molecule has 0 amide bonds. The first-order valence-corrected chi connectivity index (χ1v) is 7.49. The van der Waals surface area contributed by atoms with Crippen LogP contribution in [0.25, 0.3) is 5.48 Å². The summed E-state index contributed by atoms with van der Waals surface area (Å²) in [4.78, 5) is 5.18. The molecule has 0 aliphatic carbocycles. The molecule has 2 N–H and O–H groups in total. The topological polar surface area (TPSA) is 67.8 Å². The average molecular weight is 378 g/mol. The third-order valence-electron chi connectivity index (χ3n) is 2.90. The minimum absolute atomic E-state index is 0. The van der Waals surface area contributed by atoms with Crippen molar-refractivity contribution in [1.29, 1.82) is 0 Å². The molecule has 0 bridgehead atoms. The second-order valence-corrected chi connectivity index (χ2v) is 6.51. The van der Waals surface area contributed by atoms with E-state index in [-0.39, 0.29) is 50.0 Å². The maximum absolute atomic E-state index is 5.93. The Morgan fingerprint density at radius 3 is 2.00 bits per heavy atom. The Kier molecular flexibility index (Phi) is 14.2. The van der Waals surface area contributed by atoms with Crippen molar-refractivity contribution >= 4 is 0 Å². The molecule has 125 valence electrons. The normalized spacial score (nSPS) is 12.6. The molecule has 0 aliphatic rings. The molecular formula is C15H33N2O3Y-. The molecule has 0 unspecified atom stereocenters. The molecular weight excluding hydrogens is 345 g/mol. The van der Waals surface area contributed by atoms with Crippen LogP contribution in [0, 0.1) is 0 Å². The molecule has 0 heterocycles. The largest absolute Gasteiger partial charge is 0.534 e. The van der Waals surface area contributed by atoms with Gasteiger partial charge >= 0.3 is 0 Å². The van der Waals surface area contributed by atoms with Gasteiger partial charge < -0.3 is 25.5 Å². The molecule has 0 saturated heterocycles. The van der Waals surface area contributed by atoms with Crippen LogP contribution in [0.15, 0.2) is 0 Å². The first kappa shape index (κ1) is 24.2. The minimum Gasteiger partial charge on any atom is -0.534 e. The van der Waals surface area contributed by atoms with Crippen LogP contribution in [-0.4, -0.2) is 43.6 Å². The Balaban J connectivity index is 0.